The molecule has 0 aliphatic carbocycles. The Balaban J connectivity index is 1.59. The number of aromatic nitrogens is 5. The second-order valence-corrected chi connectivity index (χ2v) is 6.37. The van der Waals surface area contributed by atoms with E-state index in [-0.39, 0.29) is 0 Å². The van der Waals surface area contributed by atoms with Crippen LogP contribution in [0.2, 0.25) is 5.02 Å². The van der Waals surface area contributed by atoms with Gasteiger partial charge in [-0.3, -0.25) is 0 Å². The first-order chi connectivity index (χ1) is 12.6. The Bertz CT molecular complexity index is 1040. The van der Waals surface area contributed by atoms with Gasteiger partial charge in [-0.1, -0.05) is 23.7 Å². The van der Waals surface area contributed by atoms with Crippen LogP contribution in [-0.2, 0) is 0 Å². The molecule has 0 amide bonds. The fourth-order valence-electron chi connectivity index (χ4n) is 2.76. The van der Waals surface area contributed by atoms with Crippen LogP contribution in [-0.4, -0.2) is 25.6 Å². The van der Waals surface area contributed by atoms with Gasteiger partial charge >= 0.3 is 0 Å². The van der Waals surface area contributed by atoms with Crippen LogP contribution >= 0.6 is 11.6 Å². The summed E-state index contributed by atoms with van der Waals surface area (Å²) in [5.41, 5.74) is 4.77. The highest BCUT2D eigenvalue weighted by Gasteiger charge is 2.12. The quantitative estimate of drug-likeness (QED) is 0.551. The van der Waals surface area contributed by atoms with Crippen LogP contribution in [0.25, 0.3) is 22.7 Å². The predicted octanol–water partition coefficient (Wildman–Crippen LogP) is 4.54. The molecule has 4 aromatic rings. The number of H-pyrrole nitrogens is 1. The van der Waals surface area contributed by atoms with Gasteiger partial charge in [0.25, 0.3) is 6.01 Å². The predicted molar refractivity (Wildman–Crippen MR) is 99.3 cm³/mol. The van der Waals surface area contributed by atoms with E-state index >= 15 is 0 Å². The molecule has 0 radical (unpaired) electrons. The minimum absolute atomic E-state index is 0.420. The molecule has 0 fully saturated rings. The molecule has 0 atom stereocenters. The highest BCUT2D eigenvalue weighted by Crippen LogP contribution is 2.31. The van der Waals surface area contributed by atoms with Gasteiger partial charge in [-0.15, -0.1) is 10.2 Å². The first kappa shape index (κ1) is 16.3. The van der Waals surface area contributed by atoms with Gasteiger partial charge in [0, 0.05) is 16.8 Å². The van der Waals surface area contributed by atoms with Crippen molar-refractivity contribution in [1.29, 1.82) is 0 Å². The normalized spacial score (nSPS) is 10.9. The highest BCUT2D eigenvalue weighted by atomic mass is 35.5. The molecule has 26 heavy (non-hydrogen) atoms. The molecule has 2 heterocycles. The Morgan fingerprint density at radius 3 is 2.58 bits per heavy atom. The lowest BCUT2D eigenvalue weighted by Crippen LogP contribution is -1.91. The summed E-state index contributed by atoms with van der Waals surface area (Å²) in [7, 11) is 0. The van der Waals surface area contributed by atoms with E-state index in [9.17, 15) is 0 Å². The van der Waals surface area contributed by atoms with Crippen LogP contribution < -0.4 is 5.32 Å². The van der Waals surface area contributed by atoms with Crippen molar-refractivity contribution in [2.45, 2.75) is 13.8 Å². The summed E-state index contributed by atoms with van der Waals surface area (Å²) in [5, 5.41) is 17.5. The number of halogens is 1. The van der Waals surface area contributed by atoms with Crippen molar-refractivity contribution in [2.75, 3.05) is 5.32 Å². The highest BCUT2D eigenvalue weighted by molar-refractivity contribution is 6.33. The van der Waals surface area contributed by atoms with Crippen LogP contribution in [0.3, 0.4) is 0 Å². The van der Waals surface area contributed by atoms with E-state index in [2.05, 4.69) is 37.0 Å². The van der Waals surface area contributed by atoms with Crippen LogP contribution in [0.15, 0.2) is 47.0 Å². The molecular formula is C18H15ClN6O. The molecule has 0 bridgehead atoms. The second kappa shape index (κ2) is 6.61. The summed E-state index contributed by atoms with van der Waals surface area (Å²) in [6, 6.07) is 12.1. The van der Waals surface area contributed by atoms with Crippen LogP contribution in [0.4, 0.5) is 11.7 Å². The number of nitrogens with one attached hydrogen (secondary N) is 2. The summed E-state index contributed by atoms with van der Waals surface area (Å²) < 4.78 is 5.81. The number of aryl methyl sites for hydroxylation is 2. The second-order valence-electron chi connectivity index (χ2n) is 5.96. The van der Waals surface area contributed by atoms with Crippen molar-refractivity contribution < 1.29 is 4.42 Å². The first-order valence-electron chi connectivity index (χ1n) is 7.93. The Labute approximate surface area is 154 Å². The summed E-state index contributed by atoms with van der Waals surface area (Å²) in [6.45, 7) is 4.10. The zero-order valence-corrected chi connectivity index (χ0v) is 14.9. The van der Waals surface area contributed by atoms with Crippen molar-refractivity contribution in [1.82, 2.24) is 25.6 Å². The van der Waals surface area contributed by atoms with E-state index in [0.717, 1.165) is 11.3 Å². The van der Waals surface area contributed by atoms with E-state index in [4.69, 9.17) is 16.0 Å². The van der Waals surface area contributed by atoms with E-state index in [0.29, 0.717) is 28.2 Å². The van der Waals surface area contributed by atoms with Gasteiger partial charge in [-0.05, 0) is 54.5 Å². The van der Waals surface area contributed by atoms with Crippen molar-refractivity contribution in [2.24, 2.45) is 0 Å². The Morgan fingerprint density at radius 2 is 1.88 bits per heavy atom. The lowest BCUT2D eigenvalue weighted by molar-refractivity contribution is 0.592. The minimum Gasteiger partial charge on any atom is -0.423 e. The molecule has 7 nitrogen and oxygen atoms in total. The molecule has 4 rings (SSSR count). The molecule has 2 aromatic heterocycles. The number of nitrogens with zero attached hydrogens (tertiary/aromatic N) is 4. The summed E-state index contributed by atoms with van der Waals surface area (Å²) >= 11 is 6.34. The molecule has 0 saturated carbocycles. The molecule has 0 aliphatic heterocycles. The number of benzene rings is 2. The first-order valence-corrected chi connectivity index (χ1v) is 8.31. The minimum atomic E-state index is 0.420. The maximum absolute atomic E-state index is 6.34. The largest absolute Gasteiger partial charge is 0.423 e. The fourth-order valence-corrected chi connectivity index (χ4v) is 3.03. The SMILES string of the molecule is Cc1cc(C)cc(Nc2ncc(-c3ccc(-c4nn[nH]n4)c(Cl)c3)o2)c1. The third-order valence-corrected chi connectivity index (χ3v) is 4.13. The molecule has 0 saturated heterocycles. The number of rotatable bonds is 4. The van der Waals surface area contributed by atoms with Gasteiger partial charge in [-0.25, -0.2) is 4.98 Å². The van der Waals surface area contributed by atoms with Crippen molar-refractivity contribution >= 4 is 23.3 Å². The standard InChI is InChI=1S/C18H15ClN6O/c1-10-5-11(2)7-13(6-10)21-18-20-9-16(26-18)12-3-4-14(15(19)8-12)17-22-24-25-23-17/h3-9H,1-2H3,(H,20,21)(H,22,23,24,25). The van der Waals surface area contributed by atoms with Gasteiger partial charge in [0.1, 0.15) is 0 Å². The van der Waals surface area contributed by atoms with Gasteiger partial charge in [0.05, 0.1) is 11.2 Å². The molecule has 0 aliphatic rings. The summed E-state index contributed by atoms with van der Waals surface area (Å²) in [4.78, 5) is 4.29. The van der Waals surface area contributed by atoms with Crippen LogP contribution in [0, 0.1) is 13.8 Å². The van der Waals surface area contributed by atoms with E-state index in [1.807, 2.05) is 38.1 Å². The van der Waals surface area contributed by atoms with Gasteiger partial charge in [0.2, 0.25) is 5.82 Å². The molecule has 2 aromatic carbocycles. The fraction of sp³-hybridized carbons (Fsp3) is 0.111. The maximum atomic E-state index is 6.34. The topological polar surface area (TPSA) is 92.5 Å². The molecular weight excluding hydrogens is 352 g/mol. The molecule has 2 N–H and O–H groups in total. The Hall–Kier alpha value is -3.19. The van der Waals surface area contributed by atoms with Crippen molar-refractivity contribution in [3.8, 4) is 22.7 Å². The molecule has 130 valence electrons. The van der Waals surface area contributed by atoms with Gasteiger partial charge < -0.3 is 9.73 Å². The van der Waals surface area contributed by atoms with Gasteiger partial charge in [0.15, 0.2) is 5.76 Å². The van der Waals surface area contributed by atoms with Crippen LogP contribution in [0.1, 0.15) is 11.1 Å². The zero-order valence-electron chi connectivity index (χ0n) is 14.1. The lowest BCUT2D eigenvalue weighted by Gasteiger charge is -2.05. The monoisotopic (exact) mass is 366 g/mol. The summed E-state index contributed by atoms with van der Waals surface area (Å²) in [6.07, 6.45) is 1.66. The van der Waals surface area contributed by atoms with Crippen molar-refractivity contribution in [3.63, 3.8) is 0 Å². The molecule has 0 unspecified atom stereocenters. The maximum Gasteiger partial charge on any atom is 0.299 e. The smallest absolute Gasteiger partial charge is 0.299 e. The number of hydrogen-bond donors (Lipinski definition) is 2. The van der Waals surface area contributed by atoms with E-state index in [1.54, 1.807) is 12.3 Å². The number of oxazole rings is 1. The number of hydrogen-bond acceptors (Lipinski definition) is 6. The number of aromatic amines is 1. The van der Waals surface area contributed by atoms with E-state index < -0.39 is 0 Å². The van der Waals surface area contributed by atoms with Crippen LogP contribution in [0.5, 0.6) is 0 Å². The molecule has 8 heteroatoms. The van der Waals surface area contributed by atoms with Gasteiger partial charge in [-0.2, -0.15) is 5.21 Å². The third-order valence-electron chi connectivity index (χ3n) is 3.82. The summed E-state index contributed by atoms with van der Waals surface area (Å²) in [5.74, 6) is 1.05. The van der Waals surface area contributed by atoms with Crippen molar-refractivity contribution in [3.05, 3.63) is 58.7 Å². The number of tetrazole rings is 1. The Morgan fingerprint density at radius 1 is 1.08 bits per heavy atom. The lowest BCUT2D eigenvalue weighted by atomic mass is 10.1. The van der Waals surface area contributed by atoms with E-state index in [1.165, 1.54) is 11.1 Å². The average Bonchev–Trinajstić information content (AvgIpc) is 3.25. The number of anilines is 2. The average molecular weight is 367 g/mol. The zero-order chi connectivity index (χ0) is 18.1. The molecule has 0 spiro atoms. The third kappa shape index (κ3) is 3.29. The Kier molecular flexibility index (Phi) is 4.14.